The number of thioether (sulfide) groups is 1. The van der Waals surface area contributed by atoms with Crippen LogP contribution >= 0.6 is 35.7 Å². The van der Waals surface area contributed by atoms with Crippen molar-refractivity contribution in [3.8, 4) is 5.75 Å². The van der Waals surface area contributed by atoms with Crippen molar-refractivity contribution in [1.82, 2.24) is 15.5 Å². The van der Waals surface area contributed by atoms with E-state index in [0.29, 0.717) is 13.2 Å². The van der Waals surface area contributed by atoms with Crippen LogP contribution in [0.4, 0.5) is 0 Å². The van der Waals surface area contributed by atoms with Gasteiger partial charge in [-0.2, -0.15) is 11.8 Å². The Bertz CT molecular complexity index is 571. The lowest BCUT2D eigenvalue weighted by Crippen LogP contribution is -2.38. The van der Waals surface area contributed by atoms with Gasteiger partial charge in [-0.15, -0.1) is 24.0 Å². The van der Waals surface area contributed by atoms with Gasteiger partial charge >= 0.3 is 0 Å². The minimum atomic E-state index is 0. The quantitative estimate of drug-likeness (QED) is 0.185. The summed E-state index contributed by atoms with van der Waals surface area (Å²) in [6, 6.07) is 8.24. The number of guanidine groups is 1. The molecule has 1 aliphatic rings. The van der Waals surface area contributed by atoms with Crippen molar-refractivity contribution in [2.75, 3.05) is 64.6 Å². The molecule has 0 amide bonds. The molecule has 1 aliphatic heterocycles. The molecule has 1 aromatic carbocycles. The number of benzene rings is 1. The van der Waals surface area contributed by atoms with Gasteiger partial charge in [0.1, 0.15) is 12.4 Å². The highest BCUT2D eigenvalue weighted by Gasteiger charge is 2.09. The highest BCUT2D eigenvalue weighted by Crippen LogP contribution is 2.14. The second kappa shape index (κ2) is 17.0. The van der Waals surface area contributed by atoms with Crippen LogP contribution in [0.15, 0.2) is 29.3 Å². The maximum atomic E-state index is 5.94. The van der Waals surface area contributed by atoms with E-state index in [4.69, 9.17) is 14.5 Å². The smallest absolute Gasteiger partial charge is 0.191 e. The first-order valence-electron chi connectivity index (χ1n) is 10.3. The van der Waals surface area contributed by atoms with Crippen molar-refractivity contribution in [3.63, 3.8) is 0 Å². The summed E-state index contributed by atoms with van der Waals surface area (Å²) < 4.78 is 11.3. The van der Waals surface area contributed by atoms with Crippen molar-refractivity contribution in [3.05, 3.63) is 29.8 Å². The molecule has 0 saturated carbocycles. The number of aliphatic imine (C=N–C) groups is 1. The van der Waals surface area contributed by atoms with Gasteiger partial charge in [-0.25, -0.2) is 4.99 Å². The molecule has 0 atom stereocenters. The first-order chi connectivity index (χ1) is 13.8. The Labute approximate surface area is 197 Å². The van der Waals surface area contributed by atoms with Gasteiger partial charge < -0.3 is 20.1 Å². The third-order valence-electron chi connectivity index (χ3n) is 4.51. The Morgan fingerprint density at radius 1 is 1.24 bits per heavy atom. The zero-order valence-corrected chi connectivity index (χ0v) is 21.0. The fourth-order valence-electron chi connectivity index (χ4n) is 2.94. The van der Waals surface area contributed by atoms with Crippen molar-refractivity contribution < 1.29 is 9.47 Å². The standard InChI is InChI=1S/C21H36N4O2S.HI/c1-3-22-21(23-9-4-5-16-28-2)24-18-19-7-6-8-20(17-19)27-15-12-25-10-13-26-14-11-25;/h6-8,17H,3-5,9-16,18H2,1-2H3,(H2,22,23,24);1H. The third-order valence-corrected chi connectivity index (χ3v) is 5.21. The maximum Gasteiger partial charge on any atom is 0.191 e. The molecule has 2 N–H and O–H groups in total. The summed E-state index contributed by atoms with van der Waals surface area (Å²) in [6.45, 7) is 9.84. The highest BCUT2D eigenvalue weighted by atomic mass is 127. The fourth-order valence-corrected chi connectivity index (χ4v) is 3.43. The first kappa shape index (κ1) is 26.3. The second-order valence-corrected chi connectivity index (χ2v) is 7.76. The summed E-state index contributed by atoms with van der Waals surface area (Å²) >= 11 is 1.90. The Hall–Kier alpha value is -0.710. The molecule has 2 rings (SSSR count). The lowest BCUT2D eigenvalue weighted by Gasteiger charge is -2.26. The summed E-state index contributed by atoms with van der Waals surface area (Å²) in [5.74, 6) is 3.01. The summed E-state index contributed by atoms with van der Waals surface area (Å²) in [7, 11) is 0. The molecule has 1 saturated heterocycles. The number of hydrogen-bond acceptors (Lipinski definition) is 5. The summed E-state index contributed by atoms with van der Waals surface area (Å²) in [5.41, 5.74) is 1.16. The van der Waals surface area contributed by atoms with E-state index in [1.165, 1.54) is 12.2 Å². The molecule has 8 heteroatoms. The molecule has 0 spiro atoms. The Morgan fingerprint density at radius 2 is 2.07 bits per heavy atom. The van der Waals surface area contributed by atoms with Crippen molar-refractivity contribution in [2.45, 2.75) is 26.3 Å². The van der Waals surface area contributed by atoms with Gasteiger partial charge in [0.15, 0.2) is 5.96 Å². The molecular formula is C21H37IN4O2S. The maximum absolute atomic E-state index is 5.94. The number of morpholine rings is 1. The van der Waals surface area contributed by atoms with Crippen LogP contribution in [-0.2, 0) is 11.3 Å². The number of nitrogens with zero attached hydrogens (tertiary/aromatic N) is 2. The van der Waals surface area contributed by atoms with Gasteiger partial charge in [-0.3, -0.25) is 4.90 Å². The van der Waals surface area contributed by atoms with Crippen LogP contribution < -0.4 is 15.4 Å². The molecule has 1 fully saturated rings. The fraction of sp³-hybridized carbons (Fsp3) is 0.667. The van der Waals surface area contributed by atoms with Crippen LogP contribution in [0.5, 0.6) is 5.75 Å². The topological polar surface area (TPSA) is 58.1 Å². The summed E-state index contributed by atoms with van der Waals surface area (Å²) in [6.07, 6.45) is 4.55. The molecule has 0 unspecified atom stereocenters. The van der Waals surface area contributed by atoms with E-state index in [1.807, 2.05) is 23.9 Å². The minimum Gasteiger partial charge on any atom is -0.492 e. The molecule has 29 heavy (non-hydrogen) atoms. The van der Waals surface area contributed by atoms with Gasteiger partial charge in [0.05, 0.1) is 19.8 Å². The molecule has 0 radical (unpaired) electrons. The minimum absolute atomic E-state index is 0. The van der Waals surface area contributed by atoms with Crippen LogP contribution in [0.2, 0.25) is 0 Å². The van der Waals surface area contributed by atoms with E-state index in [1.54, 1.807) is 0 Å². The highest BCUT2D eigenvalue weighted by molar-refractivity contribution is 14.0. The lowest BCUT2D eigenvalue weighted by molar-refractivity contribution is 0.0322. The van der Waals surface area contributed by atoms with Gasteiger partial charge in [0.2, 0.25) is 0 Å². The number of ether oxygens (including phenoxy) is 2. The van der Waals surface area contributed by atoms with Crippen LogP contribution in [0.25, 0.3) is 0 Å². The Morgan fingerprint density at radius 3 is 2.83 bits per heavy atom. The zero-order chi connectivity index (χ0) is 19.9. The van der Waals surface area contributed by atoms with Crippen LogP contribution in [-0.4, -0.2) is 75.4 Å². The van der Waals surface area contributed by atoms with Crippen LogP contribution in [0, 0.1) is 0 Å². The Kier molecular flexibility index (Phi) is 15.5. The van der Waals surface area contributed by atoms with E-state index in [9.17, 15) is 0 Å². The van der Waals surface area contributed by atoms with E-state index < -0.39 is 0 Å². The molecular weight excluding hydrogens is 499 g/mol. The van der Waals surface area contributed by atoms with E-state index in [0.717, 1.165) is 69.6 Å². The number of halogens is 1. The van der Waals surface area contributed by atoms with Gasteiger partial charge in [0, 0.05) is 32.7 Å². The molecule has 1 heterocycles. The number of hydrogen-bond donors (Lipinski definition) is 2. The predicted octanol–water partition coefficient (Wildman–Crippen LogP) is 3.21. The van der Waals surface area contributed by atoms with Crippen LogP contribution in [0.3, 0.4) is 0 Å². The van der Waals surface area contributed by atoms with Crippen molar-refractivity contribution in [1.29, 1.82) is 0 Å². The molecule has 6 nitrogen and oxygen atoms in total. The number of nitrogens with one attached hydrogen (secondary N) is 2. The molecule has 166 valence electrons. The SMILES string of the molecule is CCNC(=NCc1cccc(OCCN2CCOCC2)c1)NCCCCSC.I. The van der Waals surface area contributed by atoms with Gasteiger partial charge in [-0.05, 0) is 49.5 Å². The van der Waals surface area contributed by atoms with E-state index in [2.05, 4.69) is 40.8 Å². The molecule has 1 aromatic rings. The molecule has 0 bridgehead atoms. The summed E-state index contributed by atoms with van der Waals surface area (Å²) in [4.78, 5) is 7.09. The average molecular weight is 537 g/mol. The zero-order valence-electron chi connectivity index (χ0n) is 17.8. The van der Waals surface area contributed by atoms with Gasteiger partial charge in [-0.1, -0.05) is 12.1 Å². The molecule has 0 aliphatic carbocycles. The van der Waals surface area contributed by atoms with Crippen molar-refractivity contribution in [2.24, 2.45) is 4.99 Å². The first-order valence-corrected chi connectivity index (χ1v) is 11.7. The van der Waals surface area contributed by atoms with E-state index >= 15 is 0 Å². The predicted molar refractivity (Wildman–Crippen MR) is 135 cm³/mol. The normalized spacial score (nSPS) is 14.9. The van der Waals surface area contributed by atoms with Crippen molar-refractivity contribution >= 4 is 41.7 Å². The molecule has 0 aromatic heterocycles. The van der Waals surface area contributed by atoms with Gasteiger partial charge in [0.25, 0.3) is 0 Å². The summed E-state index contributed by atoms with van der Waals surface area (Å²) in [5, 5.41) is 6.73. The van der Waals surface area contributed by atoms with Crippen LogP contribution in [0.1, 0.15) is 25.3 Å². The average Bonchev–Trinajstić information content (AvgIpc) is 2.73. The third kappa shape index (κ3) is 11.9. The lowest BCUT2D eigenvalue weighted by atomic mass is 10.2. The second-order valence-electron chi connectivity index (χ2n) is 6.77. The monoisotopic (exact) mass is 536 g/mol. The van der Waals surface area contributed by atoms with E-state index in [-0.39, 0.29) is 24.0 Å². The largest absolute Gasteiger partial charge is 0.492 e. The Balaban J connectivity index is 0.00000420. The number of unbranched alkanes of at least 4 members (excludes halogenated alkanes) is 1. The number of rotatable bonds is 12.